The Labute approximate surface area is 212 Å². The monoisotopic (exact) mass is 530 g/mol. The number of hydrogen-bond acceptors (Lipinski definition) is 5. The molecule has 200 valence electrons. The molecule has 11 heteroatoms. The van der Waals surface area contributed by atoms with Crippen LogP contribution in [0.25, 0.3) is 0 Å². The SMILES string of the molecule is O=C(CN1CCC(N2CCOCC2)CC1)N1CCC(CN=C(P)c2cc(F)cc(C(F)(F)F)c2)CC1. The largest absolute Gasteiger partial charge is 0.416 e. The van der Waals surface area contributed by atoms with Gasteiger partial charge in [0.25, 0.3) is 0 Å². The van der Waals surface area contributed by atoms with Crippen LogP contribution >= 0.6 is 9.24 Å². The molecule has 3 heterocycles. The van der Waals surface area contributed by atoms with Crippen molar-refractivity contribution in [3.05, 3.63) is 35.1 Å². The summed E-state index contributed by atoms with van der Waals surface area (Å²) in [6.07, 6.45) is -0.854. The summed E-state index contributed by atoms with van der Waals surface area (Å²) in [6.45, 7) is 7.70. The van der Waals surface area contributed by atoms with Crippen molar-refractivity contribution in [2.75, 3.05) is 65.6 Å². The van der Waals surface area contributed by atoms with Crippen LogP contribution in [-0.4, -0.2) is 97.7 Å². The molecule has 0 saturated carbocycles. The van der Waals surface area contributed by atoms with Crippen LogP contribution < -0.4 is 0 Å². The highest BCUT2D eigenvalue weighted by Crippen LogP contribution is 2.31. The molecule has 1 amide bonds. The molecule has 0 spiro atoms. The molecule has 0 radical (unpaired) electrons. The molecule has 3 saturated heterocycles. The number of carbonyl (C=O) groups excluding carboxylic acids is 1. The predicted molar refractivity (Wildman–Crippen MR) is 134 cm³/mol. The highest BCUT2D eigenvalue weighted by molar-refractivity contribution is 7.42. The molecule has 1 aromatic rings. The fraction of sp³-hybridized carbons (Fsp3) is 0.680. The van der Waals surface area contributed by atoms with Crippen molar-refractivity contribution in [1.29, 1.82) is 0 Å². The standard InChI is InChI=1S/C25H35F4N4O2P/c26-21-14-19(13-20(15-21)25(27,28)29)24(36)30-16-18-1-7-33(8-2-18)23(34)17-31-5-3-22(4-6-31)32-9-11-35-12-10-32/h13-15,18,22H,1-12,16-17,36H2. The maximum Gasteiger partial charge on any atom is 0.416 e. The van der Waals surface area contributed by atoms with Gasteiger partial charge >= 0.3 is 6.18 Å². The van der Waals surface area contributed by atoms with Gasteiger partial charge in [-0.3, -0.25) is 19.6 Å². The Morgan fingerprint density at radius 1 is 1.00 bits per heavy atom. The van der Waals surface area contributed by atoms with Crippen LogP contribution in [0.4, 0.5) is 17.6 Å². The van der Waals surface area contributed by atoms with E-state index < -0.39 is 17.6 Å². The van der Waals surface area contributed by atoms with Gasteiger partial charge in [0.2, 0.25) is 5.91 Å². The molecular weight excluding hydrogens is 495 g/mol. The van der Waals surface area contributed by atoms with E-state index in [9.17, 15) is 22.4 Å². The van der Waals surface area contributed by atoms with Crippen molar-refractivity contribution in [3.8, 4) is 0 Å². The van der Waals surface area contributed by atoms with E-state index in [1.165, 1.54) is 0 Å². The van der Waals surface area contributed by atoms with E-state index >= 15 is 0 Å². The number of aliphatic imine (C=N–C) groups is 1. The van der Waals surface area contributed by atoms with Crippen molar-refractivity contribution in [2.45, 2.75) is 37.9 Å². The first-order valence-electron chi connectivity index (χ1n) is 12.7. The third-order valence-corrected chi connectivity index (χ3v) is 8.00. The number of piperidine rings is 2. The first-order chi connectivity index (χ1) is 17.2. The van der Waals surface area contributed by atoms with Gasteiger partial charge in [0.05, 0.1) is 30.8 Å². The smallest absolute Gasteiger partial charge is 0.379 e. The number of ether oxygens (including phenoxy) is 1. The molecule has 0 aromatic heterocycles. The number of rotatable bonds is 6. The molecular formula is C25H35F4N4O2P. The number of carbonyl (C=O) groups is 1. The molecule has 3 fully saturated rings. The predicted octanol–water partition coefficient (Wildman–Crippen LogP) is 3.50. The van der Waals surface area contributed by atoms with E-state index in [1.807, 2.05) is 4.90 Å². The Morgan fingerprint density at radius 2 is 1.67 bits per heavy atom. The molecule has 1 unspecified atom stereocenters. The number of amides is 1. The molecule has 6 nitrogen and oxygen atoms in total. The van der Waals surface area contributed by atoms with Gasteiger partial charge in [0, 0.05) is 57.4 Å². The van der Waals surface area contributed by atoms with Crippen LogP contribution in [-0.2, 0) is 15.7 Å². The van der Waals surface area contributed by atoms with E-state index in [2.05, 4.69) is 24.0 Å². The summed E-state index contributed by atoms with van der Waals surface area (Å²) in [5, 5.41) is 0. The zero-order valence-corrected chi connectivity index (χ0v) is 21.6. The zero-order valence-electron chi connectivity index (χ0n) is 20.5. The van der Waals surface area contributed by atoms with Gasteiger partial charge in [-0.05, 0) is 49.8 Å². The first-order valence-corrected chi connectivity index (χ1v) is 13.3. The van der Waals surface area contributed by atoms with E-state index in [4.69, 9.17) is 4.74 Å². The number of alkyl halides is 3. The summed E-state index contributed by atoms with van der Waals surface area (Å²) in [6, 6.07) is 3.05. The summed E-state index contributed by atoms with van der Waals surface area (Å²) in [5.41, 5.74) is -0.610. The van der Waals surface area contributed by atoms with Gasteiger partial charge in [-0.25, -0.2) is 4.39 Å². The van der Waals surface area contributed by atoms with Crippen LogP contribution in [0.5, 0.6) is 0 Å². The molecule has 4 rings (SSSR count). The summed E-state index contributed by atoms with van der Waals surface area (Å²) < 4.78 is 58.1. The lowest BCUT2D eigenvalue weighted by Crippen LogP contribution is -2.51. The van der Waals surface area contributed by atoms with Crippen molar-refractivity contribution >= 4 is 20.6 Å². The van der Waals surface area contributed by atoms with Gasteiger partial charge < -0.3 is 9.64 Å². The molecule has 0 bridgehead atoms. The third kappa shape index (κ3) is 7.46. The maximum atomic E-state index is 13.7. The normalized spacial score (nSPS) is 22.2. The Bertz CT molecular complexity index is 923. The number of halogens is 4. The molecule has 0 N–H and O–H groups in total. The Kier molecular flexibility index (Phi) is 9.36. The fourth-order valence-electron chi connectivity index (χ4n) is 5.26. The number of hydrogen-bond donors (Lipinski definition) is 0. The number of likely N-dealkylation sites (tertiary alicyclic amines) is 2. The Morgan fingerprint density at radius 3 is 2.31 bits per heavy atom. The summed E-state index contributed by atoms with van der Waals surface area (Å²) in [7, 11) is 2.32. The Balaban J connectivity index is 1.20. The van der Waals surface area contributed by atoms with E-state index in [0.717, 1.165) is 77.2 Å². The molecule has 0 aliphatic carbocycles. The lowest BCUT2D eigenvalue weighted by Gasteiger charge is -2.40. The minimum absolute atomic E-state index is 0.109. The van der Waals surface area contributed by atoms with Gasteiger partial charge in [-0.2, -0.15) is 13.2 Å². The zero-order chi connectivity index (χ0) is 25.7. The van der Waals surface area contributed by atoms with Crippen molar-refractivity contribution < 1.29 is 27.1 Å². The second-order valence-electron chi connectivity index (χ2n) is 9.93. The quantitative estimate of drug-likeness (QED) is 0.321. The number of morpholine rings is 1. The van der Waals surface area contributed by atoms with Crippen LogP contribution in [0.15, 0.2) is 23.2 Å². The second kappa shape index (κ2) is 12.3. The Hall–Kier alpha value is -1.61. The maximum absolute atomic E-state index is 13.7. The van der Waals surface area contributed by atoms with E-state index in [-0.39, 0.29) is 17.4 Å². The second-order valence-corrected chi connectivity index (χ2v) is 10.5. The van der Waals surface area contributed by atoms with Gasteiger partial charge in [-0.15, -0.1) is 0 Å². The number of benzene rings is 1. The van der Waals surface area contributed by atoms with Gasteiger partial charge in [0.15, 0.2) is 0 Å². The topological polar surface area (TPSA) is 48.4 Å². The lowest BCUT2D eigenvalue weighted by molar-refractivity contribution is -0.138. The van der Waals surface area contributed by atoms with Crippen LogP contribution in [0.2, 0.25) is 0 Å². The van der Waals surface area contributed by atoms with Crippen molar-refractivity contribution in [2.24, 2.45) is 10.9 Å². The molecule has 3 aliphatic heterocycles. The highest BCUT2D eigenvalue weighted by atomic mass is 31.0. The molecule has 1 aromatic carbocycles. The van der Waals surface area contributed by atoms with E-state index in [0.29, 0.717) is 43.7 Å². The number of nitrogens with zero attached hydrogens (tertiary/aromatic N) is 4. The average molecular weight is 531 g/mol. The highest BCUT2D eigenvalue weighted by Gasteiger charge is 2.32. The van der Waals surface area contributed by atoms with Crippen LogP contribution in [0, 0.1) is 11.7 Å². The van der Waals surface area contributed by atoms with Crippen molar-refractivity contribution in [1.82, 2.24) is 14.7 Å². The average Bonchev–Trinajstić information content (AvgIpc) is 2.87. The summed E-state index contributed by atoms with van der Waals surface area (Å²) in [5.74, 6) is -0.537. The van der Waals surface area contributed by atoms with Gasteiger partial charge in [0.1, 0.15) is 5.82 Å². The minimum Gasteiger partial charge on any atom is -0.379 e. The summed E-state index contributed by atoms with van der Waals surface area (Å²) >= 11 is 0. The van der Waals surface area contributed by atoms with Crippen LogP contribution in [0.1, 0.15) is 36.8 Å². The van der Waals surface area contributed by atoms with E-state index in [1.54, 1.807) is 0 Å². The minimum atomic E-state index is -4.61. The molecule has 36 heavy (non-hydrogen) atoms. The van der Waals surface area contributed by atoms with Crippen molar-refractivity contribution in [3.63, 3.8) is 0 Å². The first kappa shape index (κ1) is 27.4. The molecule has 1 atom stereocenters. The lowest BCUT2D eigenvalue weighted by atomic mass is 9.97. The van der Waals surface area contributed by atoms with Gasteiger partial charge in [-0.1, -0.05) is 9.24 Å². The molecule has 3 aliphatic rings. The van der Waals surface area contributed by atoms with Crippen LogP contribution in [0.3, 0.4) is 0 Å². The fourth-order valence-corrected chi connectivity index (χ4v) is 5.53. The summed E-state index contributed by atoms with van der Waals surface area (Å²) in [4.78, 5) is 23.9. The third-order valence-electron chi connectivity index (χ3n) is 7.49.